The summed E-state index contributed by atoms with van der Waals surface area (Å²) in [7, 11) is 0. The molecular formula is C16H18N2O2. The van der Waals surface area contributed by atoms with Crippen molar-refractivity contribution in [2.24, 2.45) is 0 Å². The van der Waals surface area contributed by atoms with Crippen LogP contribution in [0.4, 0.5) is 11.4 Å². The molecule has 20 heavy (non-hydrogen) atoms. The van der Waals surface area contributed by atoms with Crippen molar-refractivity contribution in [3.05, 3.63) is 46.4 Å². The fraction of sp³-hybridized carbons (Fsp3) is 0.312. The van der Waals surface area contributed by atoms with Crippen molar-refractivity contribution in [3.63, 3.8) is 0 Å². The number of nitrogens with two attached hydrogens (primary N) is 1. The Bertz CT molecular complexity index is 701. The Morgan fingerprint density at radius 3 is 2.65 bits per heavy atom. The van der Waals surface area contributed by atoms with E-state index < -0.39 is 0 Å². The van der Waals surface area contributed by atoms with E-state index in [0.717, 1.165) is 34.7 Å². The first-order valence-electron chi connectivity index (χ1n) is 6.76. The Labute approximate surface area is 118 Å². The maximum absolute atomic E-state index is 12.8. The predicted octanol–water partition coefficient (Wildman–Crippen LogP) is 2.99. The number of nitrogen functional groups attached to an aromatic ring is 1. The molecule has 1 aliphatic rings. The van der Waals surface area contributed by atoms with Crippen LogP contribution in [0, 0.1) is 20.8 Å². The number of furan rings is 1. The molecule has 0 fully saturated rings. The standard InChI is InChI=1S/C16H18N2O2/c1-9-10(2)20-11(3)15(9)16(19)18-7-6-12-8-13(17)4-5-14(12)18/h4-5,8H,6-7,17H2,1-3H3. The van der Waals surface area contributed by atoms with Crippen LogP contribution < -0.4 is 10.6 Å². The number of fused-ring (bicyclic) bond motifs is 1. The van der Waals surface area contributed by atoms with Gasteiger partial charge >= 0.3 is 0 Å². The average Bonchev–Trinajstić information content (AvgIpc) is 2.91. The van der Waals surface area contributed by atoms with Gasteiger partial charge in [0.1, 0.15) is 11.5 Å². The number of carbonyl (C=O) groups excluding carboxylic acids is 1. The van der Waals surface area contributed by atoms with Crippen LogP contribution in [0.2, 0.25) is 0 Å². The van der Waals surface area contributed by atoms with Gasteiger partial charge in [-0.2, -0.15) is 0 Å². The molecule has 0 atom stereocenters. The number of amides is 1. The Kier molecular flexibility index (Phi) is 2.82. The second-order valence-corrected chi connectivity index (χ2v) is 5.31. The van der Waals surface area contributed by atoms with Gasteiger partial charge in [0, 0.05) is 23.5 Å². The molecule has 0 radical (unpaired) electrons. The fourth-order valence-corrected chi connectivity index (χ4v) is 2.88. The first kappa shape index (κ1) is 12.8. The van der Waals surface area contributed by atoms with Crippen LogP contribution in [0.15, 0.2) is 22.6 Å². The van der Waals surface area contributed by atoms with Gasteiger partial charge in [0.25, 0.3) is 5.91 Å². The molecule has 1 amide bonds. The molecule has 0 saturated carbocycles. The summed E-state index contributed by atoms with van der Waals surface area (Å²) in [5.41, 5.74) is 10.2. The summed E-state index contributed by atoms with van der Waals surface area (Å²) in [6.07, 6.45) is 0.848. The first-order valence-corrected chi connectivity index (χ1v) is 6.76. The molecule has 1 aliphatic heterocycles. The Morgan fingerprint density at radius 2 is 2.00 bits per heavy atom. The first-order chi connectivity index (χ1) is 9.49. The van der Waals surface area contributed by atoms with Crippen molar-refractivity contribution in [2.75, 3.05) is 17.2 Å². The monoisotopic (exact) mass is 270 g/mol. The molecular weight excluding hydrogens is 252 g/mol. The smallest absolute Gasteiger partial charge is 0.262 e. The minimum Gasteiger partial charge on any atom is -0.466 e. The second kappa shape index (κ2) is 4.40. The van der Waals surface area contributed by atoms with Crippen molar-refractivity contribution in [1.82, 2.24) is 0 Å². The quantitative estimate of drug-likeness (QED) is 0.810. The molecule has 2 aromatic rings. The summed E-state index contributed by atoms with van der Waals surface area (Å²) in [4.78, 5) is 14.6. The zero-order valence-corrected chi connectivity index (χ0v) is 12.0. The van der Waals surface area contributed by atoms with Crippen LogP contribution >= 0.6 is 0 Å². The summed E-state index contributed by atoms with van der Waals surface area (Å²) >= 11 is 0. The minimum absolute atomic E-state index is 0.0142. The highest BCUT2D eigenvalue weighted by Crippen LogP contribution is 2.32. The highest BCUT2D eigenvalue weighted by atomic mass is 16.3. The van der Waals surface area contributed by atoms with Crippen LogP contribution in [0.3, 0.4) is 0 Å². The van der Waals surface area contributed by atoms with E-state index in [0.29, 0.717) is 17.9 Å². The lowest BCUT2D eigenvalue weighted by Gasteiger charge is -2.17. The van der Waals surface area contributed by atoms with Gasteiger partial charge in [0.2, 0.25) is 0 Å². The second-order valence-electron chi connectivity index (χ2n) is 5.31. The molecule has 2 N–H and O–H groups in total. The van der Waals surface area contributed by atoms with Crippen LogP contribution in [0.5, 0.6) is 0 Å². The van der Waals surface area contributed by atoms with Crippen LogP contribution in [0.1, 0.15) is 33.0 Å². The molecule has 0 spiro atoms. The number of anilines is 2. The molecule has 4 heteroatoms. The third kappa shape index (κ3) is 1.80. The van der Waals surface area contributed by atoms with Crippen molar-refractivity contribution < 1.29 is 9.21 Å². The average molecular weight is 270 g/mol. The number of hydrogen-bond donors (Lipinski definition) is 1. The molecule has 0 bridgehead atoms. The lowest BCUT2D eigenvalue weighted by atomic mass is 10.1. The van der Waals surface area contributed by atoms with Gasteiger partial charge in [-0.3, -0.25) is 4.79 Å². The zero-order chi connectivity index (χ0) is 14.4. The predicted molar refractivity (Wildman–Crippen MR) is 79.2 cm³/mol. The molecule has 3 rings (SSSR count). The van der Waals surface area contributed by atoms with Gasteiger partial charge in [-0.25, -0.2) is 0 Å². The van der Waals surface area contributed by atoms with Crippen LogP contribution in [-0.2, 0) is 6.42 Å². The number of aryl methyl sites for hydroxylation is 2. The molecule has 0 unspecified atom stereocenters. The summed E-state index contributed by atoms with van der Waals surface area (Å²) < 4.78 is 5.57. The molecule has 1 aromatic heterocycles. The SMILES string of the molecule is Cc1oc(C)c(C(=O)N2CCc3cc(N)ccc32)c1C. The van der Waals surface area contributed by atoms with Gasteiger partial charge in [0.05, 0.1) is 5.56 Å². The van der Waals surface area contributed by atoms with E-state index in [2.05, 4.69) is 0 Å². The minimum atomic E-state index is 0.0142. The van der Waals surface area contributed by atoms with Crippen molar-refractivity contribution in [2.45, 2.75) is 27.2 Å². The van der Waals surface area contributed by atoms with E-state index in [1.165, 1.54) is 0 Å². The molecule has 0 aliphatic carbocycles. The summed E-state index contributed by atoms with van der Waals surface area (Å²) in [6.45, 7) is 6.35. The maximum atomic E-state index is 12.8. The number of benzene rings is 1. The third-order valence-corrected chi connectivity index (χ3v) is 4.02. The van der Waals surface area contributed by atoms with Crippen molar-refractivity contribution in [1.29, 1.82) is 0 Å². The third-order valence-electron chi connectivity index (χ3n) is 4.02. The van der Waals surface area contributed by atoms with E-state index in [9.17, 15) is 4.79 Å². The number of rotatable bonds is 1. The highest BCUT2D eigenvalue weighted by Gasteiger charge is 2.29. The zero-order valence-electron chi connectivity index (χ0n) is 12.0. The Balaban J connectivity index is 2.02. The normalized spacial score (nSPS) is 13.7. The van der Waals surface area contributed by atoms with Crippen LogP contribution in [-0.4, -0.2) is 12.5 Å². The summed E-state index contributed by atoms with van der Waals surface area (Å²) in [5, 5.41) is 0. The summed E-state index contributed by atoms with van der Waals surface area (Å²) in [5.74, 6) is 1.51. The van der Waals surface area contributed by atoms with Crippen LogP contribution in [0.25, 0.3) is 0 Å². The maximum Gasteiger partial charge on any atom is 0.262 e. The van der Waals surface area contributed by atoms with E-state index in [-0.39, 0.29) is 5.91 Å². The highest BCUT2D eigenvalue weighted by molar-refractivity contribution is 6.09. The van der Waals surface area contributed by atoms with Gasteiger partial charge in [-0.05, 0) is 51.0 Å². The van der Waals surface area contributed by atoms with Gasteiger partial charge in [-0.15, -0.1) is 0 Å². The lowest BCUT2D eigenvalue weighted by molar-refractivity contribution is 0.0987. The van der Waals surface area contributed by atoms with Crippen molar-refractivity contribution in [3.8, 4) is 0 Å². The Morgan fingerprint density at radius 1 is 1.25 bits per heavy atom. The fourth-order valence-electron chi connectivity index (χ4n) is 2.88. The van der Waals surface area contributed by atoms with E-state index in [1.807, 2.05) is 43.9 Å². The largest absolute Gasteiger partial charge is 0.466 e. The lowest BCUT2D eigenvalue weighted by Crippen LogP contribution is -2.29. The van der Waals surface area contributed by atoms with Gasteiger partial charge in [0.15, 0.2) is 0 Å². The number of hydrogen-bond acceptors (Lipinski definition) is 3. The van der Waals surface area contributed by atoms with Gasteiger partial charge in [-0.1, -0.05) is 0 Å². The molecule has 0 saturated heterocycles. The molecule has 104 valence electrons. The van der Waals surface area contributed by atoms with E-state index in [4.69, 9.17) is 10.2 Å². The van der Waals surface area contributed by atoms with Gasteiger partial charge < -0.3 is 15.1 Å². The molecule has 2 heterocycles. The van der Waals surface area contributed by atoms with E-state index in [1.54, 1.807) is 0 Å². The topological polar surface area (TPSA) is 59.5 Å². The van der Waals surface area contributed by atoms with Crippen molar-refractivity contribution >= 4 is 17.3 Å². The number of carbonyl (C=O) groups is 1. The Hall–Kier alpha value is -2.23. The summed E-state index contributed by atoms with van der Waals surface area (Å²) in [6, 6.07) is 5.71. The molecule has 1 aromatic carbocycles. The number of nitrogens with zero attached hydrogens (tertiary/aromatic N) is 1. The van der Waals surface area contributed by atoms with E-state index >= 15 is 0 Å². The molecule has 4 nitrogen and oxygen atoms in total.